The zero-order valence-corrected chi connectivity index (χ0v) is 11.9. The lowest BCUT2D eigenvalue weighted by Gasteiger charge is -2.34. The molecule has 1 fully saturated rings. The normalized spacial score (nSPS) is 23.4. The van der Waals surface area contributed by atoms with Crippen molar-refractivity contribution < 1.29 is 19.8 Å². The van der Waals surface area contributed by atoms with Gasteiger partial charge in [-0.1, -0.05) is 37.3 Å². The molecule has 0 saturated carbocycles. The lowest BCUT2D eigenvalue weighted by atomic mass is 9.96. The number of carboxylic acid groups (broad SMARTS) is 1. The predicted octanol–water partition coefficient (Wildman–Crippen LogP) is 1.22. The standard InChI is InChI=1S/C15H20N2O4/c1-10-7-8-17(9-12(10)18)15(21)16-13(14(19)20)11-5-3-2-4-6-11/h2-6,10,12-13,18H,7-9H2,1H3,(H,16,21)(H,19,20). The van der Waals surface area contributed by atoms with E-state index in [1.807, 2.05) is 6.92 Å². The van der Waals surface area contributed by atoms with Crippen LogP contribution in [0, 0.1) is 5.92 Å². The highest BCUT2D eigenvalue weighted by Crippen LogP contribution is 2.18. The van der Waals surface area contributed by atoms with E-state index in [1.165, 1.54) is 4.90 Å². The van der Waals surface area contributed by atoms with Crippen LogP contribution >= 0.6 is 0 Å². The summed E-state index contributed by atoms with van der Waals surface area (Å²) >= 11 is 0. The van der Waals surface area contributed by atoms with Crippen LogP contribution in [0.1, 0.15) is 24.9 Å². The number of rotatable bonds is 3. The fourth-order valence-electron chi connectivity index (χ4n) is 2.38. The third-order valence-electron chi connectivity index (χ3n) is 3.85. The van der Waals surface area contributed by atoms with Crippen molar-refractivity contribution in [2.75, 3.05) is 13.1 Å². The second-order valence-electron chi connectivity index (χ2n) is 5.41. The third kappa shape index (κ3) is 3.72. The summed E-state index contributed by atoms with van der Waals surface area (Å²) in [4.78, 5) is 25.0. The Labute approximate surface area is 123 Å². The van der Waals surface area contributed by atoms with E-state index in [2.05, 4.69) is 5.32 Å². The highest BCUT2D eigenvalue weighted by molar-refractivity contribution is 5.83. The second-order valence-corrected chi connectivity index (χ2v) is 5.41. The van der Waals surface area contributed by atoms with E-state index >= 15 is 0 Å². The Kier molecular flexibility index (Phi) is 4.80. The van der Waals surface area contributed by atoms with E-state index in [4.69, 9.17) is 0 Å². The molecule has 0 aromatic heterocycles. The van der Waals surface area contributed by atoms with Crippen molar-refractivity contribution in [3.05, 3.63) is 35.9 Å². The van der Waals surface area contributed by atoms with E-state index in [0.717, 1.165) is 0 Å². The summed E-state index contributed by atoms with van der Waals surface area (Å²) in [5.74, 6) is -0.959. The van der Waals surface area contributed by atoms with E-state index in [0.29, 0.717) is 18.5 Å². The first-order valence-corrected chi connectivity index (χ1v) is 7.00. The largest absolute Gasteiger partial charge is 0.479 e. The summed E-state index contributed by atoms with van der Waals surface area (Å²) in [5.41, 5.74) is 0.518. The smallest absolute Gasteiger partial charge is 0.330 e. The number of aliphatic hydroxyl groups is 1. The maximum Gasteiger partial charge on any atom is 0.330 e. The summed E-state index contributed by atoms with van der Waals surface area (Å²) in [5, 5.41) is 21.6. The van der Waals surface area contributed by atoms with E-state index < -0.39 is 24.1 Å². The van der Waals surface area contributed by atoms with Crippen molar-refractivity contribution in [2.24, 2.45) is 5.92 Å². The summed E-state index contributed by atoms with van der Waals surface area (Å²) in [7, 11) is 0. The highest BCUT2D eigenvalue weighted by Gasteiger charge is 2.30. The van der Waals surface area contributed by atoms with Crippen molar-refractivity contribution in [3.8, 4) is 0 Å². The van der Waals surface area contributed by atoms with E-state index in [-0.39, 0.29) is 12.5 Å². The van der Waals surface area contributed by atoms with Gasteiger partial charge in [-0.05, 0) is 17.9 Å². The number of carbonyl (C=O) groups excluding carboxylic acids is 1. The first kappa shape index (κ1) is 15.3. The summed E-state index contributed by atoms with van der Waals surface area (Å²) < 4.78 is 0. The number of amides is 2. The molecule has 0 radical (unpaired) electrons. The van der Waals surface area contributed by atoms with Crippen molar-refractivity contribution in [1.82, 2.24) is 10.2 Å². The molecule has 3 unspecified atom stereocenters. The second kappa shape index (κ2) is 6.58. The number of nitrogens with zero attached hydrogens (tertiary/aromatic N) is 1. The van der Waals surface area contributed by atoms with Gasteiger partial charge in [0, 0.05) is 13.1 Å². The molecule has 3 N–H and O–H groups in total. The fraction of sp³-hybridized carbons (Fsp3) is 0.467. The van der Waals surface area contributed by atoms with Gasteiger partial charge in [0.15, 0.2) is 6.04 Å². The summed E-state index contributed by atoms with van der Waals surface area (Å²) in [6, 6.07) is 7.01. The highest BCUT2D eigenvalue weighted by atomic mass is 16.4. The number of carbonyl (C=O) groups is 2. The van der Waals surface area contributed by atoms with Gasteiger partial charge in [-0.15, -0.1) is 0 Å². The molecule has 21 heavy (non-hydrogen) atoms. The van der Waals surface area contributed by atoms with Crippen LogP contribution < -0.4 is 5.32 Å². The van der Waals surface area contributed by atoms with Crippen LogP contribution in [0.4, 0.5) is 4.79 Å². The van der Waals surface area contributed by atoms with Gasteiger partial charge < -0.3 is 20.4 Å². The van der Waals surface area contributed by atoms with Crippen LogP contribution in [0.2, 0.25) is 0 Å². The molecule has 1 heterocycles. The number of aliphatic hydroxyl groups excluding tert-OH is 1. The number of benzene rings is 1. The maximum atomic E-state index is 12.2. The molecule has 6 heteroatoms. The van der Waals surface area contributed by atoms with Crippen LogP contribution in [0.15, 0.2) is 30.3 Å². The molecule has 0 aliphatic carbocycles. The quantitative estimate of drug-likeness (QED) is 0.781. The molecule has 0 spiro atoms. The number of aliphatic carboxylic acids is 1. The van der Waals surface area contributed by atoms with Gasteiger partial charge in [0.05, 0.1) is 6.10 Å². The Morgan fingerprint density at radius 3 is 2.57 bits per heavy atom. The van der Waals surface area contributed by atoms with Crippen molar-refractivity contribution in [1.29, 1.82) is 0 Å². The van der Waals surface area contributed by atoms with E-state index in [9.17, 15) is 19.8 Å². The monoisotopic (exact) mass is 292 g/mol. The minimum atomic E-state index is -1.11. The molecule has 2 amide bonds. The first-order chi connectivity index (χ1) is 9.99. The SMILES string of the molecule is CC1CCN(C(=O)NC(C(=O)O)c2ccccc2)CC1O. The number of hydrogen-bond acceptors (Lipinski definition) is 3. The maximum absolute atomic E-state index is 12.2. The summed E-state index contributed by atoms with van der Waals surface area (Å²) in [6.07, 6.45) is 0.141. The average Bonchev–Trinajstić information content (AvgIpc) is 2.48. The lowest BCUT2D eigenvalue weighted by molar-refractivity contribution is -0.139. The Morgan fingerprint density at radius 2 is 2.00 bits per heavy atom. The van der Waals surface area contributed by atoms with E-state index in [1.54, 1.807) is 30.3 Å². The van der Waals surface area contributed by atoms with Crippen LogP contribution in [-0.4, -0.2) is 46.3 Å². The Balaban J connectivity index is 2.04. The van der Waals surface area contributed by atoms with Crippen molar-refractivity contribution in [3.63, 3.8) is 0 Å². The van der Waals surface area contributed by atoms with Crippen molar-refractivity contribution in [2.45, 2.75) is 25.5 Å². The number of likely N-dealkylation sites (tertiary alicyclic amines) is 1. The van der Waals surface area contributed by atoms with Gasteiger partial charge in [0.25, 0.3) is 0 Å². The van der Waals surface area contributed by atoms with Gasteiger partial charge in [-0.25, -0.2) is 9.59 Å². The topological polar surface area (TPSA) is 89.9 Å². The molecule has 0 bridgehead atoms. The van der Waals surface area contributed by atoms with Crippen LogP contribution in [0.3, 0.4) is 0 Å². The molecular formula is C15H20N2O4. The zero-order valence-electron chi connectivity index (χ0n) is 11.9. The van der Waals surface area contributed by atoms with Gasteiger partial charge in [-0.3, -0.25) is 0 Å². The lowest BCUT2D eigenvalue weighted by Crippen LogP contribution is -2.51. The first-order valence-electron chi connectivity index (χ1n) is 7.00. The minimum absolute atomic E-state index is 0.151. The van der Waals surface area contributed by atoms with Crippen LogP contribution in [-0.2, 0) is 4.79 Å². The number of nitrogens with one attached hydrogen (secondary N) is 1. The fourth-order valence-corrected chi connectivity index (χ4v) is 2.38. The molecule has 1 aromatic carbocycles. The third-order valence-corrected chi connectivity index (χ3v) is 3.85. The summed E-state index contributed by atoms with van der Waals surface area (Å²) in [6.45, 7) is 2.68. The van der Waals surface area contributed by atoms with Crippen molar-refractivity contribution >= 4 is 12.0 Å². The molecule has 1 aromatic rings. The predicted molar refractivity (Wildman–Crippen MR) is 76.7 cm³/mol. The average molecular weight is 292 g/mol. The Hall–Kier alpha value is -2.08. The van der Waals surface area contributed by atoms with Gasteiger partial charge in [0.1, 0.15) is 0 Å². The molecule has 1 saturated heterocycles. The molecule has 1 aliphatic heterocycles. The molecule has 1 aliphatic rings. The Bertz CT molecular complexity index is 506. The molecule has 3 atom stereocenters. The van der Waals surface area contributed by atoms with Gasteiger partial charge >= 0.3 is 12.0 Å². The molecular weight excluding hydrogens is 272 g/mol. The van der Waals surface area contributed by atoms with Crippen LogP contribution in [0.5, 0.6) is 0 Å². The minimum Gasteiger partial charge on any atom is -0.479 e. The van der Waals surface area contributed by atoms with Gasteiger partial charge in [0.2, 0.25) is 0 Å². The zero-order chi connectivity index (χ0) is 15.4. The number of β-amino-alcohol motifs (C(OH)–C–C–N with tert-alkyl or cyclic N) is 1. The number of hydrogen-bond donors (Lipinski definition) is 3. The van der Waals surface area contributed by atoms with Gasteiger partial charge in [-0.2, -0.15) is 0 Å². The van der Waals surface area contributed by atoms with Crippen LogP contribution in [0.25, 0.3) is 0 Å². The molecule has 114 valence electrons. The number of carboxylic acids is 1. The number of urea groups is 1. The number of piperidine rings is 1. The molecule has 6 nitrogen and oxygen atoms in total. The molecule has 2 rings (SSSR count). The Morgan fingerprint density at radius 1 is 1.33 bits per heavy atom.